The Labute approximate surface area is 366 Å². The van der Waals surface area contributed by atoms with Crippen molar-refractivity contribution < 1.29 is 24.5 Å². The number of carbonyl (C=O) groups is 2. The third-order valence-corrected chi connectivity index (χ3v) is 11.4. The van der Waals surface area contributed by atoms with Crippen LogP contribution in [0, 0.1) is 0 Å². The van der Waals surface area contributed by atoms with Crippen LogP contribution in [0.15, 0.2) is 48.6 Å². The molecule has 0 aliphatic heterocycles. The van der Waals surface area contributed by atoms with Crippen LogP contribution >= 0.6 is 0 Å². The lowest BCUT2D eigenvalue weighted by molar-refractivity contribution is -0.151. The third kappa shape index (κ3) is 42.3. The highest BCUT2D eigenvalue weighted by Crippen LogP contribution is 2.18. The first-order chi connectivity index (χ1) is 29.0. The normalized spacial score (nSPS) is 13.6. The van der Waals surface area contributed by atoms with Gasteiger partial charge in [-0.25, -0.2) is 0 Å². The second kappa shape index (κ2) is 46.9. The molecule has 3 atom stereocenters. The summed E-state index contributed by atoms with van der Waals surface area (Å²) in [5.41, 5.74) is 0. The summed E-state index contributed by atoms with van der Waals surface area (Å²) in [4.78, 5) is 26.1. The Morgan fingerprint density at radius 2 is 0.966 bits per heavy atom. The van der Waals surface area contributed by atoms with Crippen LogP contribution in [0.25, 0.3) is 0 Å². The molecule has 0 aromatic carbocycles. The van der Waals surface area contributed by atoms with Gasteiger partial charge in [-0.05, 0) is 77.0 Å². The first-order valence-electron chi connectivity index (χ1n) is 25.4. The summed E-state index contributed by atoms with van der Waals surface area (Å²) < 4.78 is 5.92. The average Bonchev–Trinajstić information content (AvgIpc) is 3.23. The smallest absolute Gasteiger partial charge is 0.306 e. The van der Waals surface area contributed by atoms with Gasteiger partial charge in [-0.2, -0.15) is 0 Å². The van der Waals surface area contributed by atoms with Crippen molar-refractivity contribution in [1.82, 2.24) is 5.32 Å². The van der Waals surface area contributed by atoms with Crippen LogP contribution in [0.2, 0.25) is 0 Å². The average molecular weight is 828 g/mol. The summed E-state index contributed by atoms with van der Waals surface area (Å²) in [5, 5.41) is 23.7. The summed E-state index contributed by atoms with van der Waals surface area (Å²) >= 11 is 0. The van der Waals surface area contributed by atoms with Crippen molar-refractivity contribution in [2.24, 2.45) is 0 Å². The number of esters is 1. The van der Waals surface area contributed by atoms with E-state index < -0.39 is 18.2 Å². The van der Waals surface area contributed by atoms with Crippen molar-refractivity contribution in [2.45, 2.75) is 270 Å². The monoisotopic (exact) mass is 828 g/mol. The highest BCUT2D eigenvalue weighted by Gasteiger charge is 2.24. The Morgan fingerprint density at radius 1 is 0.525 bits per heavy atom. The Balaban J connectivity index is 4.60. The molecule has 0 radical (unpaired) electrons. The summed E-state index contributed by atoms with van der Waals surface area (Å²) in [7, 11) is 0. The van der Waals surface area contributed by atoms with E-state index in [2.05, 4.69) is 74.7 Å². The molecule has 1 amide bonds. The molecule has 0 saturated carbocycles. The molecular weight excluding hydrogens is 731 g/mol. The number of rotatable bonds is 45. The highest BCUT2D eigenvalue weighted by atomic mass is 16.5. The maximum absolute atomic E-state index is 13.2. The molecular formula is C53H97NO5. The van der Waals surface area contributed by atoms with Crippen molar-refractivity contribution in [3.63, 3.8) is 0 Å². The van der Waals surface area contributed by atoms with Crippen LogP contribution in [-0.2, 0) is 14.3 Å². The summed E-state index contributed by atoms with van der Waals surface area (Å²) in [6.45, 7) is 6.34. The van der Waals surface area contributed by atoms with Gasteiger partial charge in [0.2, 0.25) is 5.91 Å². The Hall–Kier alpha value is -2.18. The van der Waals surface area contributed by atoms with Crippen LogP contribution in [0.4, 0.5) is 0 Å². The molecule has 0 aromatic rings. The Bertz CT molecular complexity index is 1020. The fourth-order valence-corrected chi connectivity index (χ4v) is 7.58. The standard InChI is InChI=1S/C53H97NO5/c1-4-7-10-13-16-19-22-25-28-31-34-37-40-43-46-53(58)59-49(44-41-38-35-32-29-26-23-20-17-14-11-8-5-2)47-52(57)54-50(48-55)51(56)45-42-39-36-33-30-27-24-21-18-15-12-9-6-3/h7,10,16-17,19-20,23,26,49-51,55-56H,4-6,8-9,11-15,18,21-22,24-25,27-48H2,1-3H3,(H,54,57)/b10-7+,19-16+,20-17+,26-23+. The number of amides is 1. The molecule has 6 nitrogen and oxygen atoms in total. The number of hydrogen-bond donors (Lipinski definition) is 3. The molecule has 0 saturated heterocycles. The molecule has 0 spiro atoms. The minimum Gasteiger partial charge on any atom is -0.462 e. The fraction of sp³-hybridized carbons (Fsp3) is 0.811. The predicted octanol–water partition coefficient (Wildman–Crippen LogP) is 15.1. The lowest BCUT2D eigenvalue weighted by atomic mass is 10.0. The second-order valence-corrected chi connectivity index (χ2v) is 17.2. The van der Waals surface area contributed by atoms with Crippen LogP contribution < -0.4 is 5.32 Å². The molecule has 0 rings (SSSR count). The van der Waals surface area contributed by atoms with E-state index in [1.54, 1.807) is 0 Å². The molecule has 0 aliphatic carbocycles. The predicted molar refractivity (Wildman–Crippen MR) is 255 cm³/mol. The zero-order valence-corrected chi connectivity index (χ0v) is 39.1. The number of ether oxygens (including phenoxy) is 1. The fourth-order valence-electron chi connectivity index (χ4n) is 7.58. The minimum absolute atomic E-state index is 0.0612. The van der Waals surface area contributed by atoms with Gasteiger partial charge < -0.3 is 20.3 Å². The van der Waals surface area contributed by atoms with Gasteiger partial charge in [-0.3, -0.25) is 9.59 Å². The molecule has 0 fully saturated rings. The number of allylic oxidation sites excluding steroid dienone is 8. The van der Waals surface area contributed by atoms with Crippen molar-refractivity contribution in [3.8, 4) is 0 Å². The van der Waals surface area contributed by atoms with Gasteiger partial charge >= 0.3 is 5.97 Å². The van der Waals surface area contributed by atoms with E-state index in [9.17, 15) is 19.8 Å². The molecule has 0 aliphatic rings. The van der Waals surface area contributed by atoms with E-state index in [0.717, 1.165) is 96.3 Å². The Morgan fingerprint density at radius 3 is 1.51 bits per heavy atom. The number of aliphatic hydroxyl groups is 2. The number of aliphatic hydroxyl groups excluding tert-OH is 2. The van der Waals surface area contributed by atoms with Gasteiger partial charge in [0, 0.05) is 6.42 Å². The maximum Gasteiger partial charge on any atom is 0.306 e. The van der Waals surface area contributed by atoms with E-state index >= 15 is 0 Å². The quantitative estimate of drug-likeness (QED) is 0.0246. The van der Waals surface area contributed by atoms with Gasteiger partial charge in [-0.1, -0.05) is 211 Å². The molecule has 3 N–H and O–H groups in total. The van der Waals surface area contributed by atoms with Crippen molar-refractivity contribution in [3.05, 3.63) is 48.6 Å². The number of carbonyl (C=O) groups excluding carboxylic acids is 2. The molecule has 6 heteroatoms. The van der Waals surface area contributed by atoms with Gasteiger partial charge in [0.05, 0.1) is 25.2 Å². The van der Waals surface area contributed by atoms with Crippen LogP contribution in [0.1, 0.15) is 252 Å². The SMILES string of the molecule is CC/C=C/C/C=C/CCCCCCCCCC(=O)OC(CCCCCC/C=C/C=C/CCCCC)CC(=O)NC(CO)C(O)CCCCCCCCCCCCCCC. The molecule has 59 heavy (non-hydrogen) atoms. The van der Waals surface area contributed by atoms with Gasteiger partial charge in [0.25, 0.3) is 0 Å². The zero-order chi connectivity index (χ0) is 43.1. The van der Waals surface area contributed by atoms with E-state index in [1.807, 2.05) is 0 Å². The largest absolute Gasteiger partial charge is 0.462 e. The van der Waals surface area contributed by atoms with Crippen LogP contribution in [0.3, 0.4) is 0 Å². The summed E-state index contributed by atoms with van der Waals surface area (Å²) in [6, 6.07) is -0.708. The van der Waals surface area contributed by atoms with E-state index in [-0.39, 0.29) is 24.9 Å². The molecule has 344 valence electrons. The van der Waals surface area contributed by atoms with Gasteiger partial charge in [-0.15, -0.1) is 0 Å². The Kier molecular flexibility index (Phi) is 45.1. The van der Waals surface area contributed by atoms with Crippen molar-refractivity contribution >= 4 is 11.9 Å². The summed E-state index contributed by atoms with van der Waals surface area (Å²) in [5.74, 6) is -0.500. The number of unbranched alkanes of at least 4 members (excludes halogenated alkanes) is 26. The first-order valence-corrected chi connectivity index (χ1v) is 25.4. The number of nitrogens with one attached hydrogen (secondary N) is 1. The first kappa shape index (κ1) is 56.8. The van der Waals surface area contributed by atoms with Crippen molar-refractivity contribution in [2.75, 3.05) is 6.61 Å². The van der Waals surface area contributed by atoms with Crippen molar-refractivity contribution in [1.29, 1.82) is 0 Å². The topological polar surface area (TPSA) is 95.9 Å². The molecule has 0 aromatic heterocycles. The summed E-state index contributed by atoms with van der Waals surface area (Å²) in [6.07, 6.45) is 55.9. The maximum atomic E-state index is 13.2. The lowest BCUT2D eigenvalue weighted by Gasteiger charge is -2.24. The van der Waals surface area contributed by atoms with Gasteiger partial charge in [0.1, 0.15) is 6.10 Å². The third-order valence-electron chi connectivity index (χ3n) is 11.4. The highest BCUT2D eigenvalue weighted by molar-refractivity contribution is 5.77. The van der Waals surface area contributed by atoms with Gasteiger partial charge in [0.15, 0.2) is 0 Å². The number of hydrogen-bond acceptors (Lipinski definition) is 5. The van der Waals surface area contributed by atoms with E-state index in [4.69, 9.17) is 4.74 Å². The zero-order valence-electron chi connectivity index (χ0n) is 39.1. The van der Waals surface area contributed by atoms with E-state index in [0.29, 0.717) is 19.3 Å². The lowest BCUT2D eigenvalue weighted by Crippen LogP contribution is -2.46. The molecule has 3 unspecified atom stereocenters. The second-order valence-electron chi connectivity index (χ2n) is 17.2. The van der Waals surface area contributed by atoms with E-state index in [1.165, 1.54) is 109 Å². The van der Waals surface area contributed by atoms with Crippen LogP contribution in [-0.4, -0.2) is 46.9 Å². The van der Waals surface area contributed by atoms with Crippen LogP contribution in [0.5, 0.6) is 0 Å². The molecule has 0 bridgehead atoms. The molecule has 0 heterocycles. The minimum atomic E-state index is -0.793.